The van der Waals surface area contributed by atoms with Crippen molar-refractivity contribution >= 4 is 18.1 Å². The van der Waals surface area contributed by atoms with Crippen molar-refractivity contribution in [1.82, 2.24) is 0 Å². The van der Waals surface area contributed by atoms with Crippen LogP contribution in [0.4, 0.5) is 0 Å². The zero-order valence-electron chi connectivity index (χ0n) is 7.49. The second kappa shape index (κ2) is 8.77. The van der Waals surface area contributed by atoms with Crippen molar-refractivity contribution < 1.29 is 9.94 Å². The topological polar surface area (TPSA) is 67.8 Å². The molecule has 0 heterocycles. The summed E-state index contributed by atoms with van der Waals surface area (Å²) in [6.45, 7) is 4.24. The first-order valence-electron chi connectivity index (χ1n) is 3.74. The van der Waals surface area contributed by atoms with E-state index in [4.69, 9.17) is 15.7 Å². The van der Waals surface area contributed by atoms with E-state index < -0.39 is 6.10 Å². The van der Waals surface area contributed by atoms with Crippen LogP contribution in [0.5, 0.6) is 0 Å². The highest BCUT2D eigenvalue weighted by molar-refractivity contribution is 5.85. The number of nitrogens with zero attached hydrogens (tertiary/aromatic N) is 1. The fraction of sp³-hybridized carbons (Fsp3) is 0.857. The number of hydrogen-bond acceptors (Lipinski definition) is 4. The fourth-order valence-corrected chi connectivity index (χ4v) is 0.366. The molecule has 0 spiro atoms. The summed E-state index contributed by atoms with van der Waals surface area (Å²) in [5.41, 5.74) is 6.05. The van der Waals surface area contributed by atoms with Gasteiger partial charge in [-0.15, -0.1) is 12.4 Å². The molecule has 0 aliphatic rings. The zero-order chi connectivity index (χ0) is 8.69. The summed E-state index contributed by atoms with van der Waals surface area (Å²) in [6, 6.07) is 0. The number of aliphatic hydroxyl groups excluding tert-OH is 1. The van der Waals surface area contributed by atoms with Crippen molar-refractivity contribution in [3.05, 3.63) is 0 Å². The first kappa shape index (κ1) is 14.2. The van der Waals surface area contributed by atoms with E-state index in [9.17, 15) is 0 Å². The molecule has 0 aliphatic heterocycles. The predicted octanol–water partition coefficient (Wildman–Crippen LogP) is 0.530. The molecule has 0 aliphatic carbocycles. The van der Waals surface area contributed by atoms with E-state index >= 15 is 0 Å². The van der Waals surface area contributed by atoms with E-state index in [-0.39, 0.29) is 25.6 Å². The van der Waals surface area contributed by atoms with Crippen LogP contribution in [0.1, 0.15) is 20.3 Å². The smallest absolute Gasteiger partial charge is 0.144 e. The van der Waals surface area contributed by atoms with Gasteiger partial charge in [0.1, 0.15) is 12.7 Å². The zero-order valence-corrected chi connectivity index (χ0v) is 8.30. The molecule has 5 heteroatoms. The minimum absolute atomic E-state index is 0. The highest BCUT2D eigenvalue weighted by Gasteiger charge is 1.99. The van der Waals surface area contributed by atoms with Gasteiger partial charge in [-0.2, -0.15) is 0 Å². The van der Waals surface area contributed by atoms with E-state index in [2.05, 4.69) is 5.16 Å². The quantitative estimate of drug-likeness (QED) is 0.498. The van der Waals surface area contributed by atoms with E-state index in [1.54, 1.807) is 0 Å². The molecule has 1 unspecified atom stereocenters. The first-order chi connectivity index (χ1) is 5.20. The van der Waals surface area contributed by atoms with E-state index in [0.717, 1.165) is 12.1 Å². The molecule has 3 N–H and O–H groups in total. The van der Waals surface area contributed by atoms with Crippen molar-refractivity contribution in [3.63, 3.8) is 0 Å². The van der Waals surface area contributed by atoms with E-state index in [1.807, 2.05) is 13.8 Å². The maximum Gasteiger partial charge on any atom is 0.144 e. The molecule has 0 bridgehead atoms. The molecule has 0 saturated carbocycles. The second-order valence-electron chi connectivity index (χ2n) is 2.37. The third-order valence-electron chi connectivity index (χ3n) is 1.27. The Morgan fingerprint density at radius 1 is 1.67 bits per heavy atom. The van der Waals surface area contributed by atoms with Gasteiger partial charge in [0.05, 0.1) is 5.71 Å². The molecule has 74 valence electrons. The van der Waals surface area contributed by atoms with Crippen LogP contribution in [0.3, 0.4) is 0 Å². The van der Waals surface area contributed by atoms with Crippen molar-refractivity contribution in [1.29, 1.82) is 0 Å². The van der Waals surface area contributed by atoms with E-state index in [1.165, 1.54) is 0 Å². The molecule has 12 heavy (non-hydrogen) atoms. The van der Waals surface area contributed by atoms with Gasteiger partial charge in [0.15, 0.2) is 0 Å². The van der Waals surface area contributed by atoms with Crippen molar-refractivity contribution in [2.24, 2.45) is 10.9 Å². The highest BCUT2D eigenvalue weighted by atomic mass is 35.5. The summed E-state index contributed by atoms with van der Waals surface area (Å²) in [5, 5.41) is 12.7. The van der Waals surface area contributed by atoms with Crippen LogP contribution in [0.25, 0.3) is 0 Å². The van der Waals surface area contributed by atoms with Crippen LogP contribution in [0, 0.1) is 0 Å². The molecule has 0 radical (unpaired) electrons. The van der Waals surface area contributed by atoms with Gasteiger partial charge in [-0.3, -0.25) is 0 Å². The molecular weight excluding hydrogens is 180 g/mol. The first-order valence-corrected chi connectivity index (χ1v) is 3.74. The van der Waals surface area contributed by atoms with Crippen molar-refractivity contribution in [3.8, 4) is 0 Å². The van der Waals surface area contributed by atoms with Gasteiger partial charge in [0.25, 0.3) is 0 Å². The molecule has 0 aromatic rings. The van der Waals surface area contributed by atoms with Gasteiger partial charge in [0, 0.05) is 6.54 Å². The molecule has 0 rings (SSSR count). The second-order valence-corrected chi connectivity index (χ2v) is 2.37. The maximum absolute atomic E-state index is 8.92. The molecular formula is C7H17ClN2O2. The van der Waals surface area contributed by atoms with Crippen LogP contribution in [-0.4, -0.2) is 30.1 Å². The normalized spacial score (nSPS) is 13.5. The lowest BCUT2D eigenvalue weighted by molar-refractivity contribution is 0.0445. The molecule has 4 nitrogen and oxygen atoms in total. The number of nitrogens with two attached hydrogens (primary N) is 1. The van der Waals surface area contributed by atoms with Gasteiger partial charge in [-0.25, -0.2) is 0 Å². The SMILES string of the molecule is CCC(C)=NOCC(O)CN.Cl. The molecule has 0 fully saturated rings. The summed E-state index contributed by atoms with van der Waals surface area (Å²) in [4.78, 5) is 4.80. The van der Waals surface area contributed by atoms with Crippen LogP contribution < -0.4 is 5.73 Å². The monoisotopic (exact) mass is 196 g/mol. The molecule has 0 amide bonds. The summed E-state index contributed by atoms with van der Waals surface area (Å²) >= 11 is 0. The Hall–Kier alpha value is -0.320. The number of halogens is 1. The number of oxime groups is 1. The van der Waals surface area contributed by atoms with Crippen molar-refractivity contribution in [2.45, 2.75) is 26.4 Å². The van der Waals surface area contributed by atoms with Gasteiger partial charge >= 0.3 is 0 Å². The Morgan fingerprint density at radius 3 is 2.67 bits per heavy atom. The Kier molecular flexibility index (Phi) is 10.4. The van der Waals surface area contributed by atoms with Gasteiger partial charge in [-0.05, 0) is 13.3 Å². The van der Waals surface area contributed by atoms with E-state index in [0.29, 0.717) is 0 Å². The van der Waals surface area contributed by atoms with Gasteiger partial charge in [0.2, 0.25) is 0 Å². The molecule has 0 saturated heterocycles. The summed E-state index contributed by atoms with van der Waals surface area (Å²) in [5.74, 6) is 0. The molecule has 0 aromatic carbocycles. The lowest BCUT2D eigenvalue weighted by Crippen LogP contribution is -2.24. The summed E-state index contributed by atoms with van der Waals surface area (Å²) in [6.07, 6.45) is 0.252. The van der Waals surface area contributed by atoms with Crippen LogP contribution >= 0.6 is 12.4 Å². The Labute approximate surface area is 79.2 Å². The van der Waals surface area contributed by atoms with Gasteiger partial charge in [-0.1, -0.05) is 12.1 Å². The average molecular weight is 197 g/mol. The lowest BCUT2D eigenvalue weighted by atomic mass is 10.3. The third kappa shape index (κ3) is 7.78. The van der Waals surface area contributed by atoms with Crippen LogP contribution in [-0.2, 0) is 4.84 Å². The average Bonchev–Trinajstić information content (AvgIpc) is 2.04. The van der Waals surface area contributed by atoms with Crippen LogP contribution in [0.15, 0.2) is 5.16 Å². The van der Waals surface area contributed by atoms with Crippen LogP contribution in [0.2, 0.25) is 0 Å². The molecule has 0 aromatic heterocycles. The van der Waals surface area contributed by atoms with Crippen molar-refractivity contribution in [2.75, 3.05) is 13.2 Å². The van der Waals surface area contributed by atoms with Gasteiger partial charge < -0.3 is 15.7 Å². The third-order valence-corrected chi connectivity index (χ3v) is 1.27. The number of hydrogen-bond donors (Lipinski definition) is 2. The number of rotatable bonds is 5. The maximum atomic E-state index is 8.92. The largest absolute Gasteiger partial charge is 0.393 e. The lowest BCUT2D eigenvalue weighted by Gasteiger charge is -2.05. The minimum Gasteiger partial charge on any atom is -0.393 e. The Bertz CT molecular complexity index is 131. The summed E-state index contributed by atoms with van der Waals surface area (Å²) in [7, 11) is 0. The molecule has 1 atom stereocenters. The Morgan fingerprint density at radius 2 is 2.25 bits per heavy atom. The fourth-order valence-electron chi connectivity index (χ4n) is 0.366. The standard InChI is InChI=1S/C7H16N2O2.ClH/c1-3-6(2)9-11-5-7(10)4-8;/h7,10H,3-5,8H2,1-2H3;1H. The number of aliphatic hydroxyl groups is 1. The predicted molar refractivity (Wildman–Crippen MR) is 51.7 cm³/mol. The summed E-state index contributed by atoms with van der Waals surface area (Å²) < 4.78 is 0. The minimum atomic E-state index is -0.608. The highest BCUT2D eigenvalue weighted by Crippen LogP contribution is 1.88. The Balaban J connectivity index is 0.